The first-order valence-corrected chi connectivity index (χ1v) is 4.28. The molecule has 0 unspecified atom stereocenters. The summed E-state index contributed by atoms with van der Waals surface area (Å²) in [7, 11) is 0. The number of pyridine rings is 1. The molecular weight excluding hydrogens is 150 g/mol. The van der Waals surface area contributed by atoms with Crippen LogP contribution in [0.4, 0.5) is 11.5 Å². The van der Waals surface area contributed by atoms with E-state index < -0.39 is 0 Å². The standard InChI is InChI=1S/C9H15N3/c1-2-3-5-11-8-4-6-12-9(10)7-8/h4,6-7H,2-3,5H2,1H3,(H3,10,11,12). The number of unbranched alkanes of at least 4 members (excludes halogenated alkanes) is 1. The highest BCUT2D eigenvalue weighted by Crippen LogP contribution is 2.08. The molecule has 0 saturated heterocycles. The Labute approximate surface area is 73.0 Å². The van der Waals surface area contributed by atoms with Gasteiger partial charge < -0.3 is 11.1 Å². The number of nitrogens with two attached hydrogens (primary N) is 1. The minimum Gasteiger partial charge on any atom is -0.385 e. The van der Waals surface area contributed by atoms with Crippen LogP contribution in [0.15, 0.2) is 18.3 Å². The van der Waals surface area contributed by atoms with Crippen molar-refractivity contribution in [2.24, 2.45) is 0 Å². The summed E-state index contributed by atoms with van der Waals surface area (Å²) in [6.45, 7) is 3.17. The summed E-state index contributed by atoms with van der Waals surface area (Å²) in [5, 5.41) is 3.27. The number of nitrogens with zero attached hydrogens (tertiary/aromatic N) is 1. The Morgan fingerprint density at radius 1 is 1.58 bits per heavy atom. The molecule has 0 radical (unpaired) electrons. The molecule has 1 aromatic heterocycles. The molecule has 1 rings (SSSR count). The third-order valence-electron chi connectivity index (χ3n) is 1.64. The van der Waals surface area contributed by atoms with Crippen molar-refractivity contribution in [3.63, 3.8) is 0 Å². The largest absolute Gasteiger partial charge is 0.385 e. The Hall–Kier alpha value is -1.25. The molecule has 0 aliphatic rings. The van der Waals surface area contributed by atoms with Gasteiger partial charge in [0.15, 0.2) is 0 Å². The molecular formula is C9H15N3. The zero-order valence-corrected chi connectivity index (χ0v) is 7.38. The predicted molar refractivity (Wildman–Crippen MR) is 52.0 cm³/mol. The minimum atomic E-state index is 0.566. The van der Waals surface area contributed by atoms with Crippen molar-refractivity contribution >= 4 is 11.5 Å². The summed E-state index contributed by atoms with van der Waals surface area (Å²) in [6.07, 6.45) is 4.10. The summed E-state index contributed by atoms with van der Waals surface area (Å²) >= 11 is 0. The van der Waals surface area contributed by atoms with Gasteiger partial charge in [0.25, 0.3) is 0 Å². The zero-order valence-electron chi connectivity index (χ0n) is 7.38. The molecule has 66 valence electrons. The van der Waals surface area contributed by atoms with Crippen LogP contribution in [0.5, 0.6) is 0 Å². The van der Waals surface area contributed by atoms with Gasteiger partial charge in [0.1, 0.15) is 5.82 Å². The molecule has 3 nitrogen and oxygen atoms in total. The molecule has 0 fully saturated rings. The van der Waals surface area contributed by atoms with Crippen LogP contribution in [0.2, 0.25) is 0 Å². The topological polar surface area (TPSA) is 50.9 Å². The monoisotopic (exact) mass is 165 g/mol. The molecule has 0 atom stereocenters. The summed E-state index contributed by atoms with van der Waals surface area (Å²) in [4.78, 5) is 3.91. The second kappa shape index (κ2) is 4.59. The zero-order chi connectivity index (χ0) is 8.81. The van der Waals surface area contributed by atoms with Gasteiger partial charge in [-0.2, -0.15) is 0 Å². The number of nitrogen functional groups attached to an aromatic ring is 1. The van der Waals surface area contributed by atoms with Gasteiger partial charge in [0, 0.05) is 24.5 Å². The molecule has 0 aliphatic heterocycles. The molecule has 0 aliphatic carbocycles. The van der Waals surface area contributed by atoms with Crippen LogP contribution >= 0.6 is 0 Å². The molecule has 0 bridgehead atoms. The Bertz CT molecular complexity index is 235. The molecule has 12 heavy (non-hydrogen) atoms. The van der Waals surface area contributed by atoms with Crippen LogP contribution in [0.3, 0.4) is 0 Å². The predicted octanol–water partition coefficient (Wildman–Crippen LogP) is 1.88. The van der Waals surface area contributed by atoms with E-state index in [1.807, 2.05) is 12.1 Å². The van der Waals surface area contributed by atoms with E-state index in [9.17, 15) is 0 Å². The normalized spacial score (nSPS) is 9.75. The highest BCUT2D eigenvalue weighted by atomic mass is 14.9. The van der Waals surface area contributed by atoms with E-state index in [0.29, 0.717) is 5.82 Å². The lowest BCUT2D eigenvalue weighted by atomic mass is 10.3. The van der Waals surface area contributed by atoms with E-state index in [0.717, 1.165) is 12.2 Å². The Morgan fingerprint density at radius 3 is 3.08 bits per heavy atom. The van der Waals surface area contributed by atoms with E-state index in [2.05, 4.69) is 17.2 Å². The average Bonchev–Trinajstić information content (AvgIpc) is 2.05. The van der Waals surface area contributed by atoms with Crippen LogP contribution in [-0.2, 0) is 0 Å². The second-order valence-corrected chi connectivity index (χ2v) is 2.75. The smallest absolute Gasteiger partial charge is 0.125 e. The van der Waals surface area contributed by atoms with Gasteiger partial charge >= 0.3 is 0 Å². The van der Waals surface area contributed by atoms with Gasteiger partial charge in [-0.3, -0.25) is 0 Å². The van der Waals surface area contributed by atoms with Crippen molar-refractivity contribution in [1.29, 1.82) is 0 Å². The molecule has 3 heteroatoms. The van der Waals surface area contributed by atoms with Crippen molar-refractivity contribution in [3.05, 3.63) is 18.3 Å². The van der Waals surface area contributed by atoms with Gasteiger partial charge in [-0.15, -0.1) is 0 Å². The molecule has 0 amide bonds. The fraction of sp³-hybridized carbons (Fsp3) is 0.444. The summed E-state index contributed by atoms with van der Waals surface area (Å²) in [5.74, 6) is 0.566. The minimum absolute atomic E-state index is 0.566. The van der Waals surface area contributed by atoms with Gasteiger partial charge in [0.05, 0.1) is 0 Å². The number of rotatable bonds is 4. The van der Waals surface area contributed by atoms with Crippen molar-refractivity contribution in [1.82, 2.24) is 4.98 Å². The molecule has 0 spiro atoms. The van der Waals surface area contributed by atoms with Crippen LogP contribution in [0, 0.1) is 0 Å². The van der Waals surface area contributed by atoms with Crippen molar-refractivity contribution in [2.75, 3.05) is 17.6 Å². The van der Waals surface area contributed by atoms with Gasteiger partial charge in [0.2, 0.25) is 0 Å². The fourth-order valence-electron chi connectivity index (χ4n) is 0.968. The maximum absolute atomic E-state index is 5.51. The van der Waals surface area contributed by atoms with Crippen LogP contribution in [-0.4, -0.2) is 11.5 Å². The molecule has 0 aromatic carbocycles. The van der Waals surface area contributed by atoms with Crippen molar-refractivity contribution in [3.8, 4) is 0 Å². The lowest BCUT2D eigenvalue weighted by molar-refractivity contribution is 0.834. The van der Waals surface area contributed by atoms with Crippen LogP contribution in [0.1, 0.15) is 19.8 Å². The number of aromatic nitrogens is 1. The average molecular weight is 165 g/mol. The van der Waals surface area contributed by atoms with Gasteiger partial charge in [-0.05, 0) is 12.5 Å². The van der Waals surface area contributed by atoms with Gasteiger partial charge in [-0.1, -0.05) is 13.3 Å². The number of hydrogen-bond acceptors (Lipinski definition) is 3. The van der Waals surface area contributed by atoms with Crippen molar-refractivity contribution < 1.29 is 0 Å². The maximum atomic E-state index is 5.51. The second-order valence-electron chi connectivity index (χ2n) is 2.75. The first kappa shape index (κ1) is 8.84. The number of hydrogen-bond donors (Lipinski definition) is 2. The maximum Gasteiger partial charge on any atom is 0.125 e. The van der Waals surface area contributed by atoms with Crippen molar-refractivity contribution in [2.45, 2.75) is 19.8 Å². The summed E-state index contributed by atoms with van der Waals surface area (Å²) < 4.78 is 0. The summed E-state index contributed by atoms with van der Waals surface area (Å²) in [6, 6.07) is 3.77. The first-order valence-electron chi connectivity index (χ1n) is 4.28. The number of nitrogens with one attached hydrogen (secondary N) is 1. The van der Waals surface area contributed by atoms with E-state index in [1.54, 1.807) is 6.20 Å². The van der Waals surface area contributed by atoms with E-state index >= 15 is 0 Å². The molecule has 1 heterocycles. The number of anilines is 2. The Morgan fingerprint density at radius 2 is 2.42 bits per heavy atom. The summed E-state index contributed by atoms with van der Waals surface area (Å²) in [5.41, 5.74) is 6.56. The van der Waals surface area contributed by atoms with E-state index in [4.69, 9.17) is 5.73 Å². The third kappa shape index (κ3) is 2.78. The van der Waals surface area contributed by atoms with Gasteiger partial charge in [-0.25, -0.2) is 4.98 Å². The molecule has 0 saturated carbocycles. The Balaban J connectivity index is 2.41. The quantitative estimate of drug-likeness (QED) is 0.670. The lowest BCUT2D eigenvalue weighted by Gasteiger charge is -2.04. The third-order valence-corrected chi connectivity index (χ3v) is 1.64. The van der Waals surface area contributed by atoms with E-state index in [1.165, 1.54) is 12.8 Å². The fourth-order valence-corrected chi connectivity index (χ4v) is 0.968. The SMILES string of the molecule is CCCCNc1ccnc(N)c1. The van der Waals surface area contributed by atoms with Crippen LogP contribution in [0.25, 0.3) is 0 Å². The van der Waals surface area contributed by atoms with Crippen LogP contribution < -0.4 is 11.1 Å². The first-order chi connectivity index (χ1) is 5.83. The molecule has 3 N–H and O–H groups in total. The Kier molecular flexibility index (Phi) is 3.38. The highest BCUT2D eigenvalue weighted by molar-refractivity contribution is 5.49. The lowest BCUT2D eigenvalue weighted by Crippen LogP contribution is -2.01. The molecule has 1 aromatic rings. The van der Waals surface area contributed by atoms with E-state index in [-0.39, 0.29) is 0 Å². The highest BCUT2D eigenvalue weighted by Gasteiger charge is 1.91.